The second-order valence-electron chi connectivity index (χ2n) is 4.84. The van der Waals surface area contributed by atoms with Gasteiger partial charge in [-0.25, -0.2) is 0 Å². The number of carbonyl (C=O) groups excluding carboxylic acids is 1. The summed E-state index contributed by atoms with van der Waals surface area (Å²) < 4.78 is 1.01. The fourth-order valence-corrected chi connectivity index (χ4v) is 2.74. The molecule has 1 aromatic carbocycles. The zero-order valence-electron chi connectivity index (χ0n) is 10.8. The van der Waals surface area contributed by atoms with E-state index < -0.39 is 0 Å². The monoisotopic (exact) mass is 310 g/mol. The fourth-order valence-electron chi connectivity index (χ4n) is 2.31. The first-order chi connectivity index (χ1) is 8.59. The summed E-state index contributed by atoms with van der Waals surface area (Å²) in [6, 6.07) is 8.53. The van der Waals surface area contributed by atoms with E-state index in [4.69, 9.17) is 0 Å². The number of benzene rings is 1. The summed E-state index contributed by atoms with van der Waals surface area (Å²) in [7, 11) is 0. The molecule has 4 heteroatoms. The maximum absolute atomic E-state index is 12.4. The highest BCUT2D eigenvalue weighted by Crippen LogP contribution is 2.18. The maximum Gasteiger partial charge on any atom is 0.227 e. The number of halogens is 1. The number of amides is 1. The highest BCUT2D eigenvalue weighted by Gasteiger charge is 2.27. The molecule has 18 heavy (non-hydrogen) atoms. The Hall–Kier alpha value is -0.870. The van der Waals surface area contributed by atoms with E-state index in [1.54, 1.807) is 0 Å². The van der Waals surface area contributed by atoms with E-state index in [0.717, 1.165) is 23.1 Å². The second kappa shape index (κ2) is 5.85. The van der Waals surface area contributed by atoms with Gasteiger partial charge in [-0.15, -0.1) is 0 Å². The molecule has 1 aromatic rings. The first-order valence-corrected chi connectivity index (χ1v) is 7.15. The molecule has 3 nitrogen and oxygen atoms in total. The second-order valence-corrected chi connectivity index (χ2v) is 5.69. The summed E-state index contributed by atoms with van der Waals surface area (Å²) >= 11 is 3.49. The molecule has 1 aliphatic rings. The van der Waals surface area contributed by atoms with Gasteiger partial charge in [0.05, 0.1) is 6.42 Å². The van der Waals surface area contributed by atoms with Crippen molar-refractivity contribution in [3.05, 3.63) is 34.3 Å². The lowest BCUT2D eigenvalue weighted by Gasteiger charge is -2.38. The molecule has 1 aliphatic heterocycles. The third-order valence-corrected chi connectivity index (χ3v) is 4.43. The Morgan fingerprint density at radius 2 is 2.17 bits per heavy atom. The summed E-state index contributed by atoms with van der Waals surface area (Å²) in [5.74, 6) is 0.211. The molecule has 0 bridgehead atoms. The molecule has 1 N–H and O–H groups in total. The van der Waals surface area contributed by atoms with Gasteiger partial charge in [0, 0.05) is 29.6 Å². The van der Waals surface area contributed by atoms with E-state index >= 15 is 0 Å². The molecule has 0 radical (unpaired) electrons. The van der Waals surface area contributed by atoms with Crippen LogP contribution in [-0.2, 0) is 11.2 Å². The number of hydrogen-bond acceptors (Lipinski definition) is 2. The number of piperazine rings is 1. The lowest BCUT2D eigenvalue weighted by Crippen LogP contribution is -2.57. The Bertz CT molecular complexity index is 436. The summed E-state index contributed by atoms with van der Waals surface area (Å²) in [5, 5.41) is 3.39. The Balaban J connectivity index is 2.06. The molecule has 0 aliphatic carbocycles. The minimum Gasteiger partial charge on any atom is -0.337 e. The molecular formula is C14H19BrN2O. The smallest absolute Gasteiger partial charge is 0.227 e. The molecule has 1 fully saturated rings. The molecule has 98 valence electrons. The van der Waals surface area contributed by atoms with Gasteiger partial charge in [0.1, 0.15) is 0 Å². The first kappa shape index (κ1) is 13.6. The Labute approximate surface area is 117 Å². The van der Waals surface area contributed by atoms with Crippen molar-refractivity contribution in [3.63, 3.8) is 0 Å². The molecule has 2 rings (SSSR count). The van der Waals surface area contributed by atoms with Gasteiger partial charge in [0.25, 0.3) is 0 Å². The molecule has 2 atom stereocenters. The molecule has 1 amide bonds. The summed E-state index contributed by atoms with van der Waals surface area (Å²) in [6.45, 7) is 5.92. The lowest BCUT2D eigenvalue weighted by atomic mass is 10.1. The highest BCUT2D eigenvalue weighted by atomic mass is 79.9. The predicted molar refractivity (Wildman–Crippen MR) is 76.5 cm³/mol. The van der Waals surface area contributed by atoms with E-state index in [-0.39, 0.29) is 11.9 Å². The van der Waals surface area contributed by atoms with Crippen LogP contribution in [0.1, 0.15) is 19.4 Å². The van der Waals surface area contributed by atoms with E-state index in [1.807, 2.05) is 29.2 Å². The first-order valence-electron chi connectivity index (χ1n) is 6.36. The fraction of sp³-hybridized carbons (Fsp3) is 0.500. The molecular weight excluding hydrogens is 292 g/mol. The minimum atomic E-state index is 0.211. The van der Waals surface area contributed by atoms with E-state index in [0.29, 0.717) is 12.5 Å². The van der Waals surface area contributed by atoms with Crippen LogP contribution >= 0.6 is 15.9 Å². The average molecular weight is 311 g/mol. The molecule has 2 unspecified atom stereocenters. The lowest BCUT2D eigenvalue weighted by molar-refractivity contribution is -0.134. The van der Waals surface area contributed by atoms with Gasteiger partial charge >= 0.3 is 0 Å². The van der Waals surface area contributed by atoms with Crippen LogP contribution in [0.4, 0.5) is 0 Å². The van der Waals surface area contributed by atoms with Gasteiger partial charge in [-0.05, 0) is 25.5 Å². The van der Waals surface area contributed by atoms with Crippen molar-refractivity contribution < 1.29 is 4.79 Å². The SMILES string of the molecule is CC1NCCN(C(=O)Cc2ccccc2Br)C1C. The van der Waals surface area contributed by atoms with Crippen molar-refractivity contribution in [1.29, 1.82) is 0 Å². The van der Waals surface area contributed by atoms with Crippen LogP contribution in [0.25, 0.3) is 0 Å². The topological polar surface area (TPSA) is 32.3 Å². The Morgan fingerprint density at radius 3 is 2.89 bits per heavy atom. The highest BCUT2D eigenvalue weighted by molar-refractivity contribution is 9.10. The van der Waals surface area contributed by atoms with E-state index in [1.165, 1.54) is 0 Å². The third kappa shape index (κ3) is 2.93. The summed E-state index contributed by atoms with van der Waals surface area (Å²) in [6.07, 6.45) is 0.471. The Kier molecular flexibility index (Phi) is 4.40. The predicted octanol–water partition coefficient (Wildman–Crippen LogP) is 2.20. The van der Waals surface area contributed by atoms with Crippen molar-refractivity contribution in [2.24, 2.45) is 0 Å². The van der Waals surface area contributed by atoms with Crippen LogP contribution in [0.3, 0.4) is 0 Å². The van der Waals surface area contributed by atoms with E-state index in [2.05, 4.69) is 35.1 Å². The van der Waals surface area contributed by atoms with Crippen molar-refractivity contribution in [3.8, 4) is 0 Å². The average Bonchev–Trinajstić information content (AvgIpc) is 2.35. The Morgan fingerprint density at radius 1 is 1.44 bits per heavy atom. The number of rotatable bonds is 2. The van der Waals surface area contributed by atoms with Gasteiger partial charge in [0.2, 0.25) is 5.91 Å². The normalized spacial score (nSPS) is 24.1. The maximum atomic E-state index is 12.4. The summed E-state index contributed by atoms with van der Waals surface area (Å²) in [4.78, 5) is 14.3. The quantitative estimate of drug-likeness (QED) is 0.908. The van der Waals surface area contributed by atoms with Crippen LogP contribution in [-0.4, -0.2) is 36.0 Å². The third-order valence-electron chi connectivity index (χ3n) is 3.65. The van der Waals surface area contributed by atoms with Crippen molar-refractivity contribution >= 4 is 21.8 Å². The van der Waals surface area contributed by atoms with Crippen molar-refractivity contribution in [2.75, 3.05) is 13.1 Å². The van der Waals surface area contributed by atoms with Crippen molar-refractivity contribution in [1.82, 2.24) is 10.2 Å². The van der Waals surface area contributed by atoms with Gasteiger partial charge in [-0.2, -0.15) is 0 Å². The van der Waals surface area contributed by atoms with Gasteiger partial charge in [0.15, 0.2) is 0 Å². The van der Waals surface area contributed by atoms with Crippen LogP contribution in [0.2, 0.25) is 0 Å². The number of carbonyl (C=O) groups is 1. The molecule has 0 saturated carbocycles. The minimum absolute atomic E-state index is 0.211. The van der Waals surface area contributed by atoms with Crippen LogP contribution in [0, 0.1) is 0 Å². The van der Waals surface area contributed by atoms with Gasteiger partial charge < -0.3 is 10.2 Å². The zero-order chi connectivity index (χ0) is 13.1. The molecule has 0 spiro atoms. The van der Waals surface area contributed by atoms with Gasteiger partial charge in [-0.3, -0.25) is 4.79 Å². The van der Waals surface area contributed by atoms with Gasteiger partial charge in [-0.1, -0.05) is 34.1 Å². The van der Waals surface area contributed by atoms with Crippen LogP contribution in [0.15, 0.2) is 28.7 Å². The number of hydrogen-bond donors (Lipinski definition) is 1. The van der Waals surface area contributed by atoms with Crippen LogP contribution < -0.4 is 5.32 Å². The van der Waals surface area contributed by atoms with Crippen LogP contribution in [0.5, 0.6) is 0 Å². The number of nitrogens with zero attached hydrogens (tertiary/aromatic N) is 1. The zero-order valence-corrected chi connectivity index (χ0v) is 12.4. The van der Waals surface area contributed by atoms with E-state index in [9.17, 15) is 4.79 Å². The largest absolute Gasteiger partial charge is 0.337 e. The molecule has 0 aromatic heterocycles. The molecule has 1 heterocycles. The standard InChI is InChI=1S/C14H19BrN2O/c1-10-11(2)17(8-7-16-10)14(18)9-12-5-3-4-6-13(12)15/h3-6,10-11,16H,7-9H2,1-2H3. The van der Waals surface area contributed by atoms with Crippen molar-refractivity contribution in [2.45, 2.75) is 32.4 Å². The summed E-state index contributed by atoms with van der Waals surface area (Å²) in [5.41, 5.74) is 1.06. The molecule has 1 saturated heterocycles. The number of nitrogens with one attached hydrogen (secondary N) is 1.